The number of nitrogens with zero attached hydrogens (tertiary/aromatic N) is 2. The molecule has 1 unspecified atom stereocenters. The zero-order chi connectivity index (χ0) is 25.3. The third-order valence-electron chi connectivity index (χ3n) is 6.03. The standard InChI is InChI=1S/C26H25N3O5S/c1-17-7-9-19(10-8-17)16-28(25(31)22-6-4-3-5-18(22)2)23-15-24(30)29(26(23)32)20-11-13-21(14-12-20)35(27,33)34/h3-14,23H,15-16H2,1-2H3,(H2,27,33,34). The molecule has 1 atom stereocenters. The van der Waals surface area contributed by atoms with Gasteiger partial charge in [-0.15, -0.1) is 0 Å². The van der Waals surface area contributed by atoms with Gasteiger partial charge in [0.25, 0.3) is 11.8 Å². The number of benzene rings is 3. The molecule has 0 aromatic heterocycles. The van der Waals surface area contributed by atoms with Gasteiger partial charge in [-0.1, -0.05) is 48.0 Å². The SMILES string of the molecule is Cc1ccc(CN(C(=O)c2ccccc2C)C2CC(=O)N(c3ccc(S(N)(=O)=O)cc3)C2=O)cc1. The van der Waals surface area contributed by atoms with E-state index in [9.17, 15) is 22.8 Å². The van der Waals surface area contributed by atoms with Crippen molar-refractivity contribution in [2.24, 2.45) is 5.14 Å². The molecule has 3 amide bonds. The minimum Gasteiger partial charge on any atom is -0.322 e. The summed E-state index contributed by atoms with van der Waals surface area (Å²) in [6, 6.07) is 18.9. The minimum absolute atomic E-state index is 0.132. The number of aryl methyl sites for hydroxylation is 2. The van der Waals surface area contributed by atoms with Crippen LogP contribution in [0.15, 0.2) is 77.7 Å². The second-order valence-corrected chi connectivity index (χ2v) is 10.1. The van der Waals surface area contributed by atoms with Crippen LogP contribution in [0.5, 0.6) is 0 Å². The number of hydrogen-bond donors (Lipinski definition) is 1. The van der Waals surface area contributed by atoms with Crippen molar-refractivity contribution in [1.29, 1.82) is 0 Å². The number of carbonyl (C=O) groups excluding carboxylic acids is 3. The number of anilines is 1. The lowest BCUT2D eigenvalue weighted by Gasteiger charge is -2.28. The van der Waals surface area contributed by atoms with Crippen LogP contribution < -0.4 is 10.0 Å². The summed E-state index contributed by atoms with van der Waals surface area (Å²) in [4.78, 5) is 42.3. The first-order valence-electron chi connectivity index (χ1n) is 11.0. The molecular formula is C26H25N3O5S. The molecule has 1 saturated heterocycles. The molecule has 1 heterocycles. The van der Waals surface area contributed by atoms with Crippen molar-refractivity contribution in [3.63, 3.8) is 0 Å². The molecule has 0 radical (unpaired) electrons. The summed E-state index contributed by atoms with van der Waals surface area (Å²) < 4.78 is 23.1. The zero-order valence-corrected chi connectivity index (χ0v) is 20.2. The van der Waals surface area contributed by atoms with Gasteiger partial charge in [-0.3, -0.25) is 14.4 Å². The first-order valence-corrected chi connectivity index (χ1v) is 12.5. The molecule has 9 heteroatoms. The molecule has 35 heavy (non-hydrogen) atoms. The maximum Gasteiger partial charge on any atom is 0.257 e. The van der Waals surface area contributed by atoms with E-state index in [2.05, 4.69) is 0 Å². The van der Waals surface area contributed by atoms with Crippen molar-refractivity contribution in [3.8, 4) is 0 Å². The summed E-state index contributed by atoms with van der Waals surface area (Å²) in [6.45, 7) is 3.92. The third-order valence-corrected chi connectivity index (χ3v) is 6.96. The number of amides is 3. The Kier molecular flexibility index (Phi) is 6.56. The molecule has 4 rings (SSSR count). The summed E-state index contributed by atoms with van der Waals surface area (Å²) in [6.07, 6.45) is -0.181. The predicted molar refractivity (Wildman–Crippen MR) is 131 cm³/mol. The maximum atomic E-state index is 13.6. The van der Waals surface area contributed by atoms with Gasteiger partial charge >= 0.3 is 0 Å². The quantitative estimate of drug-likeness (QED) is 0.532. The van der Waals surface area contributed by atoms with Gasteiger partial charge in [-0.05, 0) is 55.3 Å². The van der Waals surface area contributed by atoms with E-state index in [4.69, 9.17) is 5.14 Å². The molecule has 1 aliphatic heterocycles. The van der Waals surface area contributed by atoms with Crippen LogP contribution in [0.2, 0.25) is 0 Å². The Labute approximate surface area is 204 Å². The van der Waals surface area contributed by atoms with Crippen LogP contribution in [-0.2, 0) is 26.2 Å². The van der Waals surface area contributed by atoms with Gasteiger partial charge in [0.2, 0.25) is 15.9 Å². The van der Waals surface area contributed by atoms with Crippen LogP contribution in [-0.4, -0.2) is 37.1 Å². The number of carbonyl (C=O) groups is 3. The number of hydrogen-bond acceptors (Lipinski definition) is 5. The van der Waals surface area contributed by atoms with E-state index in [1.807, 2.05) is 50.2 Å². The lowest BCUT2D eigenvalue weighted by molar-refractivity contribution is -0.122. The fourth-order valence-electron chi connectivity index (χ4n) is 4.10. The Morgan fingerprint density at radius 2 is 1.60 bits per heavy atom. The minimum atomic E-state index is -3.92. The number of primary sulfonamides is 1. The van der Waals surface area contributed by atoms with Crippen molar-refractivity contribution >= 4 is 33.4 Å². The van der Waals surface area contributed by atoms with Crippen molar-refractivity contribution in [2.75, 3.05) is 4.90 Å². The highest BCUT2D eigenvalue weighted by Crippen LogP contribution is 2.29. The molecular weight excluding hydrogens is 466 g/mol. The van der Waals surface area contributed by atoms with Gasteiger partial charge in [-0.2, -0.15) is 0 Å². The van der Waals surface area contributed by atoms with E-state index in [-0.39, 0.29) is 29.5 Å². The number of nitrogens with two attached hydrogens (primary N) is 1. The maximum absolute atomic E-state index is 13.6. The highest BCUT2D eigenvalue weighted by molar-refractivity contribution is 7.89. The lowest BCUT2D eigenvalue weighted by atomic mass is 10.0. The first-order chi connectivity index (χ1) is 16.6. The van der Waals surface area contributed by atoms with E-state index in [0.29, 0.717) is 5.56 Å². The van der Waals surface area contributed by atoms with Crippen LogP contribution in [0.1, 0.15) is 33.5 Å². The molecule has 0 spiro atoms. The van der Waals surface area contributed by atoms with Crippen LogP contribution in [0.4, 0.5) is 5.69 Å². The molecule has 2 N–H and O–H groups in total. The summed E-state index contributed by atoms with van der Waals surface area (Å²) in [5, 5.41) is 5.14. The van der Waals surface area contributed by atoms with Crippen LogP contribution in [0.3, 0.4) is 0 Å². The van der Waals surface area contributed by atoms with Gasteiger partial charge < -0.3 is 4.90 Å². The molecule has 3 aromatic rings. The van der Waals surface area contributed by atoms with Crippen molar-refractivity contribution in [3.05, 3.63) is 95.1 Å². The Hall–Kier alpha value is -3.82. The molecule has 0 bridgehead atoms. The fraction of sp³-hybridized carbons (Fsp3) is 0.192. The van der Waals surface area contributed by atoms with Gasteiger partial charge in [0, 0.05) is 12.1 Å². The normalized spacial score (nSPS) is 16.0. The zero-order valence-electron chi connectivity index (χ0n) is 19.3. The largest absolute Gasteiger partial charge is 0.322 e. The summed E-state index contributed by atoms with van der Waals surface area (Å²) in [5.41, 5.74) is 3.32. The Morgan fingerprint density at radius 1 is 0.971 bits per heavy atom. The highest BCUT2D eigenvalue weighted by atomic mass is 32.2. The van der Waals surface area contributed by atoms with Gasteiger partial charge in [0.1, 0.15) is 6.04 Å². The van der Waals surface area contributed by atoms with Crippen molar-refractivity contribution in [1.82, 2.24) is 4.90 Å². The Balaban J connectivity index is 1.69. The second kappa shape index (κ2) is 9.44. The molecule has 8 nitrogen and oxygen atoms in total. The van der Waals surface area contributed by atoms with Crippen LogP contribution >= 0.6 is 0 Å². The Morgan fingerprint density at radius 3 is 2.20 bits per heavy atom. The van der Waals surface area contributed by atoms with Gasteiger partial charge in [0.15, 0.2) is 0 Å². The lowest BCUT2D eigenvalue weighted by Crippen LogP contribution is -2.45. The van der Waals surface area contributed by atoms with E-state index in [0.717, 1.165) is 21.6 Å². The average molecular weight is 492 g/mol. The smallest absolute Gasteiger partial charge is 0.257 e. The van der Waals surface area contributed by atoms with Gasteiger partial charge in [0.05, 0.1) is 17.0 Å². The summed E-state index contributed by atoms with van der Waals surface area (Å²) >= 11 is 0. The molecule has 1 fully saturated rings. The second-order valence-electron chi connectivity index (χ2n) is 8.56. The molecule has 180 valence electrons. The van der Waals surface area contributed by atoms with Crippen molar-refractivity contribution in [2.45, 2.75) is 37.8 Å². The molecule has 0 aliphatic carbocycles. The topological polar surface area (TPSA) is 118 Å². The van der Waals surface area contributed by atoms with E-state index in [1.165, 1.54) is 29.2 Å². The number of sulfonamides is 1. The molecule has 0 saturated carbocycles. The molecule has 1 aliphatic rings. The van der Waals surface area contributed by atoms with Crippen LogP contribution in [0, 0.1) is 13.8 Å². The van der Waals surface area contributed by atoms with Crippen LogP contribution in [0.25, 0.3) is 0 Å². The van der Waals surface area contributed by atoms with E-state index in [1.54, 1.807) is 12.1 Å². The monoisotopic (exact) mass is 491 g/mol. The highest BCUT2D eigenvalue weighted by Gasteiger charge is 2.44. The fourth-order valence-corrected chi connectivity index (χ4v) is 4.61. The van der Waals surface area contributed by atoms with Gasteiger partial charge in [-0.25, -0.2) is 18.5 Å². The van der Waals surface area contributed by atoms with E-state index < -0.39 is 27.9 Å². The first kappa shape index (κ1) is 24.3. The molecule has 3 aromatic carbocycles. The third kappa shape index (κ3) is 5.01. The number of rotatable bonds is 6. The van der Waals surface area contributed by atoms with E-state index >= 15 is 0 Å². The predicted octanol–water partition coefficient (Wildman–Crippen LogP) is 2.93. The number of imide groups is 1. The van der Waals surface area contributed by atoms with Crippen molar-refractivity contribution < 1.29 is 22.8 Å². The Bertz CT molecular complexity index is 1400. The average Bonchev–Trinajstić information content (AvgIpc) is 3.11. The summed E-state index contributed by atoms with van der Waals surface area (Å²) in [7, 11) is -3.92. The summed E-state index contributed by atoms with van der Waals surface area (Å²) in [5.74, 6) is -1.37.